The fourth-order valence-electron chi connectivity index (χ4n) is 8.99. The SMILES string of the molecule is CCCCCCCCCCCCCC/C=C\CCCCCCCCCCCC(O)C(=O)NC(COC1OC(CO)C(O)C(O)C1O)C(O)CCCCCCCCCCCCCCCC. The third kappa shape index (κ3) is 33.4. The Morgan fingerprint density at radius 1 is 0.516 bits per heavy atom. The molecule has 380 valence electrons. The fraction of sp³-hybridized carbons (Fsp3) is 0.944. The molecule has 0 aliphatic carbocycles. The number of unbranched alkanes of at least 4 members (excludes halogenated alkanes) is 34. The first-order valence-electron chi connectivity index (χ1n) is 27.5. The summed E-state index contributed by atoms with van der Waals surface area (Å²) in [7, 11) is 0. The van der Waals surface area contributed by atoms with Crippen LogP contribution in [0.5, 0.6) is 0 Å². The summed E-state index contributed by atoms with van der Waals surface area (Å²) in [4.78, 5) is 13.1. The van der Waals surface area contributed by atoms with Gasteiger partial charge in [-0.15, -0.1) is 0 Å². The first-order valence-corrected chi connectivity index (χ1v) is 27.5. The molecule has 8 unspecified atom stereocenters. The van der Waals surface area contributed by atoms with Gasteiger partial charge in [-0.2, -0.15) is 0 Å². The Bertz CT molecular complexity index is 1030. The van der Waals surface area contributed by atoms with Gasteiger partial charge in [0.15, 0.2) is 6.29 Å². The second-order valence-electron chi connectivity index (χ2n) is 19.5. The van der Waals surface area contributed by atoms with Gasteiger partial charge in [0.05, 0.1) is 25.4 Å². The quantitative estimate of drug-likeness (QED) is 0.0232. The molecule has 0 aromatic rings. The van der Waals surface area contributed by atoms with E-state index >= 15 is 0 Å². The standard InChI is InChI=1S/C54H105NO9/c1-3-5-7-9-11-13-15-17-19-20-21-22-23-24-25-26-27-28-29-31-33-35-37-39-41-43-48(58)53(62)55-46(45-63-54-52(61)51(60)50(59)49(44-56)64-54)47(57)42-40-38-36-34-32-30-18-16-14-12-10-8-6-4-2/h24-25,46-52,54,56-61H,3-23,26-45H2,1-2H3,(H,55,62)/b25-24-. The lowest BCUT2D eigenvalue weighted by Crippen LogP contribution is -2.60. The summed E-state index contributed by atoms with van der Waals surface area (Å²) in [6.07, 6.45) is 42.7. The summed E-state index contributed by atoms with van der Waals surface area (Å²) in [5.41, 5.74) is 0. The van der Waals surface area contributed by atoms with E-state index in [1.165, 1.54) is 186 Å². The molecule has 0 bridgehead atoms. The third-order valence-corrected chi connectivity index (χ3v) is 13.5. The van der Waals surface area contributed by atoms with Crippen molar-refractivity contribution < 1.29 is 44.9 Å². The molecule has 0 radical (unpaired) electrons. The van der Waals surface area contributed by atoms with Gasteiger partial charge in [-0.3, -0.25) is 4.79 Å². The lowest BCUT2D eigenvalue weighted by molar-refractivity contribution is -0.302. The molecule has 1 aliphatic rings. The van der Waals surface area contributed by atoms with E-state index in [0.717, 1.165) is 51.4 Å². The third-order valence-electron chi connectivity index (χ3n) is 13.5. The van der Waals surface area contributed by atoms with Gasteiger partial charge in [-0.05, 0) is 38.5 Å². The summed E-state index contributed by atoms with van der Waals surface area (Å²) in [5, 5.41) is 65.1. The lowest BCUT2D eigenvalue weighted by atomic mass is 9.99. The number of ether oxygens (including phenoxy) is 2. The molecule has 1 aliphatic heterocycles. The molecule has 0 aromatic carbocycles. The van der Waals surface area contributed by atoms with Crippen molar-refractivity contribution in [2.75, 3.05) is 13.2 Å². The molecule has 1 rings (SSSR count). The van der Waals surface area contributed by atoms with Crippen LogP contribution in [0.4, 0.5) is 0 Å². The minimum Gasteiger partial charge on any atom is -0.394 e. The van der Waals surface area contributed by atoms with Gasteiger partial charge in [0.25, 0.3) is 0 Å². The van der Waals surface area contributed by atoms with Gasteiger partial charge in [-0.1, -0.05) is 238 Å². The van der Waals surface area contributed by atoms with E-state index in [0.29, 0.717) is 12.8 Å². The molecule has 1 amide bonds. The summed E-state index contributed by atoms with van der Waals surface area (Å²) in [6.45, 7) is 3.69. The van der Waals surface area contributed by atoms with Crippen LogP contribution in [-0.2, 0) is 14.3 Å². The zero-order valence-electron chi connectivity index (χ0n) is 41.7. The molecule has 10 nitrogen and oxygen atoms in total. The highest BCUT2D eigenvalue weighted by molar-refractivity contribution is 5.80. The van der Waals surface area contributed by atoms with Crippen LogP contribution in [0, 0.1) is 0 Å². The van der Waals surface area contributed by atoms with Crippen LogP contribution in [0.1, 0.15) is 264 Å². The van der Waals surface area contributed by atoms with E-state index in [-0.39, 0.29) is 6.61 Å². The van der Waals surface area contributed by atoms with Crippen LogP contribution in [0.2, 0.25) is 0 Å². The average Bonchev–Trinajstić information content (AvgIpc) is 3.29. The van der Waals surface area contributed by atoms with Crippen molar-refractivity contribution in [2.45, 2.75) is 313 Å². The Morgan fingerprint density at radius 2 is 0.875 bits per heavy atom. The highest BCUT2D eigenvalue weighted by Gasteiger charge is 2.44. The number of aliphatic hydroxyl groups is 6. The van der Waals surface area contributed by atoms with Crippen molar-refractivity contribution >= 4 is 5.91 Å². The van der Waals surface area contributed by atoms with E-state index < -0.39 is 61.5 Å². The maximum Gasteiger partial charge on any atom is 0.249 e. The molecule has 64 heavy (non-hydrogen) atoms. The second-order valence-corrected chi connectivity index (χ2v) is 19.5. The van der Waals surface area contributed by atoms with Gasteiger partial charge in [-0.25, -0.2) is 0 Å². The predicted octanol–water partition coefficient (Wildman–Crippen LogP) is 11.8. The average molecular weight is 912 g/mol. The Balaban J connectivity index is 2.24. The van der Waals surface area contributed by atoms with Crippen LogP contribution in [0.3, 0.4) is 0 Å². The van der Waals surface area contributed by atoms with Gasteiger partial charge in [0, 0.05) is 0 Å². The first kappa shape index (κ1) is 60.9. The number of allylic oxidation sites excluding steroid dienone is 2. The monoisotopic (exact) mass is 912 g/mol. The Morgan fingerprint density at radius 3 is 1.27 bits per heavy atom. The van der Waals surface area contributed by atoms with Crippen molar-refractivity contribution in [1.29, 1.82) is 0 Å². The van der Waals surface area contributed by atoms with E-state index in [1.807, 2.05) is 0 Å². The van der Waals surface area contributed by atoms with Gasteiger partial charge < -0.3 is 45.4 Å². The van der Waals surface area contributed by atoms with Crippen molar-refractivity contribution in [1.82, 2.24) is 5.32 Å². The molecule has 10 heteroatoms. The number of rotatable bonds is 47. The van der Waals surface area contributed by atoms with Crippen molar-refractivity contribution in [3.63, 3.8) is 0 Å². The predicted molar refractivity (Wildman–Crippen MR) is 264 cm³/mol. The molecular formula is C54H105NO9. The van der Waals surface area contributed by atoms with E-state index in [1.54, 1.807) is 0 Å². The number of carbonyl (C=O) groups is 1. The van der Waals surface area contributed by atoms with Gasteiger partial charge in [0.1, 0.15) is 30.5 Å². The van der Waals surface area contributed by atoms with Crippen LogP contribution >= 0.6 is 0 Å². The molecule has 8 atom stereocenters. The molecule has 0 saturated carbocycles. The minimum absolute atomic E-state index is 0.253. The molecule has 0 aromatic heterocycles. The van der Waals surface area contributed by atoms with Crippen LogP contribution in [-0.4, -0.2) is 98.7 Å². The van der Waals surface area contributed by atoms with E-state index in [9.17, 15) is 35.4 Å². The van der Waals surface area contributed by atoms with Crippen molar-refractivity contribution in [2.24, 2.45) is 0 Å². The maximum atomic E-state index is 13.1. The molecule has 1 fully saturated rings. The van der Waals surface area contributed by atoms with Gasteiger partial charge >= 0.3 is 0 Å². The van der Waals surface area contributed by atoms with Crippen LogP contribution in [0.25, 0.3) is 0 Å². The summed E-state index contributed by atoms with van der Waals surface area (Å²) >= 11 is 0. The number of hydrogen-bond acceptors (Lipinski definition) is 9. The Kier molecular flexibility index (Phi) is 42.3. The summed E-state index contributed by atoms with van der Waals surface area (Å²) in [6, 6.07) is -0.892. The lowest BCUT2D eigenvalue weighted by Gasteiger charge is -2.40. The number of hydrogen-bond donors (Lipinski definition) is 7. The number of amides is 1. The highest BCUT2D eigenvalue weighted by atomic mass is 16.7. The summed E-state index contributed by atoms with van der Waals surface area (Å²) < 4.78 is 11.2. The van der Waals surface area contributed by atoms with Gasteiger partial charge in [0.2, 0.25) is 5.91 Å². The van der Waals surface area contributed by atoms with E-state index in [2.05, 4.69) is 31.3 Å². The minimum atomic E-state index is -1.60. The highest BCUT2D eigenvalue weighted by Crippen LogP contribution is 2.23. The molecular weight excluding hydrogens is 807 g/mol. The first-order chi connectivity index (χ1) is 31.3. The topological polar surface area (TPSA) is 169 Å². The molecule has 7 N–H and O–H groups in total. The van der Waals surface area contributed by atoms with Crippen LogP contribution in [0.15, 0.2) is 12.2 Å². The maximum absolute atomic E-state index is 13.1. The number of nitrogens with one attached hydrogen (secondary N) is 1. The normalized spacial score (nSPS) is 20.5. The van der Waals surface area contributed by atoms with Crippen LogP contribution < -0.4 is 5.32 Å². The zero-order valence-corrected chi connectivity index (χ0v) is 41.7. The zero-order chi connectivity index (χ0) is 46.7. The molecule has 1 saturated heterocycles. The Hall–Kier alpha value is -1.11. The largest absolute Gasteiger partial charge is 0.394 e. The Labute approximate surface area is 393 Å². The second kappa shape index (κ2) is 44.4. The number of aliphatic hydroxyl groups excluding tert-OH is 6. The smallest absolute Gasteiger partial charge is 0.249 e. The molecule has 1 heterocycles. The van der Waals surface area contributed by atoms with Crippen molar-refractivity contribution in [3.05, 3.63) is 12.2 Å². The van der Waals surface area contributed by atoms with Crippen molar-refractivity contribution in [3.8, 4) is 0 Å². The number of carbonyl (C=O) groups excluding carboxylic acids is 1. The fourth-order valence-corrected chi connectivity index (χ4v) is 8.99. The summed E-state index contributed by atoms with van der Waals surface area (Å²) in [5.74, 6) is -0.582. The van der Waals surface area contributed by atoms with E-state index in [4.69, 9.17) is 9.47 Å². The molecule has 0 spiro atoms.